The average Bonchev–Trinajstić information content (AvgIpc) is 3.18. The topological polar surface area (TPSA) is 62.7 Å². The van der Waals surface area contributed by atoms with E-state index in [1.54, 1.807) is 6.20 Å². The first-order chi connectivity index (χ1) is 13.1. The van der Waals surface area contributed by atoms with Crippen molar-refractivity contribution in [2.24, 2.45) is 0 Å². The first-order valence-corrected chi connectivity index (χ1v) is 10.6. The Morgan fingerprint density at radius 1 is 0.926 bits per heavy atom. The number of carbonyl (C=O) groups excluding carboxylic acids is 2. The van der Waals surface area contributed by atoms with Crippen LogP contribution in [0.1, 0.15) is 24.1 Å². The summed E-state index contributed by atoms with van der Waals surface area (Å²) in [7, 11) is 0. The lowest BCUT2D eigenvalue weighted by atomic mass is 9.97. The smallest absolute Gasteiger partial charge is 0.222 e. The number of thiazole rings is 1. The van der Waals surface area contributed by atoms with Crippen molar-refractivity contribution in [1.29, 1.82) is 0 Å². The highest BCUT2D eigenvalue weighted by atomic mass is 35.5. The molecule has 1 aliphatic carbocycles. The van der Waals surface area contributed by atoms with Crippen molar-refractivity contribution in [3.8, 4) is 0 Å². The summed E-state index contributed by atoms with van der Waals surface area (Å²) < 4.78 is 5.35. The van der Waals surface area contributed by atoms with Gasteiger partial charge < -0.3 is 14.5 Å². The molecule has 0 aromatic carbocycles. The zero-order chi connectivity index (χ0) is 19.0. The van der Waals surface area contributed by atoms with Gasteiger partial charge in [-0.2, -0.15) is 0 Å². The van der Waals surface area contributed by atoms with E-state index in [1.165, 1.54) is 11.3 Å². The fourth-order valence-electron chi connectivity index (χ4n) is 3.54. The van der Waals surface area contributed by atoms with E-state index in [2.05, 4.69) is 9.88 Å². The van der Waals surface area contributed by atoms with Crippen molar-refractivity contribution >= 4 is 56.8 Å². The van der Waals surface area contributed by atoms with Gasteiger partial charge in [-0.25, -0.2) is 4.98 Å². The lowest BCUT2D eigenvalue weighted by Crippen LogP contribution is -2.36. The van der Waals surface area contributed by atoms with Crippen LogP contribution in [0.2, 0.25) is 0 Å². The number of allylic oxidation sites excluding steroid dienone is 3. The van der Waals surface area contributed by atoms with Crippen molar-refractivity contribution in [1.82, 2.24) is 9.88 Å². The minimum absolute atomic E-state index is 0.0392. The van der Waals surface area contributed by atoms with Crippen LogP contribution in [0.5, 0.6) is 0 Å². The third-order valence-electron chi connectivity index (χ3n) is 4.96. The van der Waals surface area contributed by atoms with Crippen LogP contribution in [-0.2, 0) is 14.3 Å². The van der Waals surface area contributed by atoms with Crippen LogP contribution in [0.3, 0.4) is 0 Å². The van der Waals surface area contributed by atoms with Crippen molar-refractivity contribution < 1.29 is 14.3 Å². The van der Waals surface area contributed by atoms with Gasteiger partial charge in [-0.05, 0) is 19.3 Å². The molecule has 2 fully saturated rings. The predicted molar refractivity (Wildman–Crippen MR) is 106 cm³/mol. The lowest BCUT2D eigenvalue weighted by Gasteiger charge is -2.32. The third-order valence-corrected chi connectivity index (χ3v) is 6.75. The minimum Gasteiger partial charge on any atom is -0.378 e. The number of nitrogens with zero attached hydrogens (tertiary/aromatic N) is 3. The van der Waals surface area contributed by atoms with E-state index in [9.17, 15) is 9.59 Å². The predicted octanol–water partition coefficient (Wildman–Crippen LogP) is 3.02. The third kappa shape index (κ3) is 3.53. The number of anilines is 1. The molecule has 0 saturated carbocycles. The monoisotopic (exact) mass is 427 g/mol. The van der Waals surface area contributed by atoms with Gasteiger partial charge in [0.1, 0.15) is 15.8 Å². The normalized spacial score (nSPS) is 22.1. The fourth-order valence-corrected chi connectivity index (χ4v) is 5.18. The Morgan fingerprint density at radius 2 is 1.63 bits per heavy atom. The Hall–Kier alpha value is -1.41. The van der Waals surface area contributed by atoms with Gasteiger partial charge in [-0.1, -0.05) is 34.5 Å². The number of halogens is 2. The number of rotatable bonds is 3. The molecule has 1 aromatic heterocycles. The van der Waals surface area contributed by atoms with Gasteiger partial charge >= 0.3 is 0 Å². The number of ether oxygens (including phenoxy) is 1. The van der Waals surface area contributed by atoms with Crippen LogP contribution in [0.15, 0.2) is 22.0 Å². The number of hydrogen-bond donors (Lipinski definition) is 0. The van der Waals surface area contributed by atoms with Crippen molar-refractivity contribution in [3.05, 3.63) is 26.8 Å². The number of aromatic nitrogens is 1. The molecule has 2 aliphatic heterocycles. The highest BCUT2D eigenvalue weighted by Gasteiger charge is 2.37. The molecule has 0 N–H and O–H groups in total. The van der Waals surface area contributed by atoms with Gasteiger partial charge in [0.2, 0.25) is 11.6 Å². The van der Waals surface area contributed by atoms with E-state index in [4.69, 9.17) is 27.9 Å². The molecule has 0 spiro atoms. The second kappa shape index (κ2) is 7.91. The van der Waals surface area contributed by atoms with Gasteiger partial charge in [0, 0.05) is 32.4 Å². The SMILES string of the molecule is O=C1C(Cl)=C(N2CCCCC2)C(=O)C(Cl)=C1c1cnc(N2CCOCC2)s1. The molecule has 2 saturated heterocycles. The van der Waals surface area contributed by atoms with Crippen LogP contribution in [-0.4, -0.2) is 60.8 Å². The fraction of sp³-hybridized carbons (Fsp3) is 0.500. The van der Waals surface area contributed by atoms with Crippen molar-refractivity contribution in [2.45, 2.75) is 19.3 Å². The molecular weight excluding hydrogens is 409 g/mol. The summed E-state index contributed by atoms with van der Waals surface area (Å²) in [5, 5.41) is 0.678. The molecule has 3 heterocycles. The molecule has 0 radical (unpaired) electrons. The number of Topliss-reactive ketones (excluding diaryl/α,β-unsaturated/α-hetero) is 2. The van der Waals surface area contributed by atoms with E-state index in [-0.39, 0.29) is 27.1 Å². The number of hydrogen-bond acceptors (Lipinski definition) is 7. The van der Waals surface area contributed by atoms with E-state index in [0.717, 1.165) is 37.5 Å². The highest BCUT2D eigenvalue weighted by Crippen LogP contribution is 2.40. The van der Waals surface area contributed by atoms with Crippen LogP contribution in [0.25, 0.3) is 5.57 Å². The first-order valence-electron chi connectivity index (χ1n) is 9.00. The molecule has 9 heteroatoms. The Kier molecular flexibility index (Phi) is 5.55. The second-order valence-electron chi connectivity index (χ2n) is 6.66. The van der Waals surface area contributed by atoms with Crippen molar-refractivity contribution in [2.75, 3.05) is 44.3 Å². The van der Waals surface area contributed by atoms with Gasteiger partial charge in [-0.15, -0.1) is 0 Å². The van der Waals surface area contributed by atoms with Gasteiger partial charge in [0.25, 0.3) is 0 Å². The second-order valence-corrected chi connectivity index (χ2v) is 8.43. The lowest BCUT2D eigenvalue weighted by molar-refractivity contribution is -0.115. The number of morpholine rings is 1. The summed E-state index contributed by atoms with van der Waals surface area (Å²) in [6, 6.07) is 0. The number of piperidine rings is 1. The Balaban J connectivity index is 1.64. The molecule has 0 bridgehead atoms. The highest BCUT2D eigenvalue weighted by molar-refractivity contribution is 7.17. The summed E-state index contributed by atoms with van der Waals surface area (Å²) in [5.41, 5.74) is 0.400. The molecule has 0 atom stereocenters. The number of carbonyl (C=O) groups is 2. The number of likely N-dealkylation sites (tertiary alicyclic amines) is 1. The first kappa shape index (κ1) is 18.9. The average molecular weight is 428 g/mol. The maximum atomic E-state index is 13.0. The summed E-state index contributed by atoms with van der Waals surface area (Å²) in [6.07, 6.45) is 4.65. The van der Waals surface area contributed by atoms with Crippen LogP contribution >= 0.6 is 34.5 Å². The number of ketones is 2. The standard InChI is InChI=1S/C18H19Cl2N3O3S/c19-13-12(11-10-21-18(27-11)23-6-8-26-9-7-23)16(24)14(20)15(17(13)25)22-4-2-1-3-5-22/h10H,1-9H2. The molecule has 6 nitrogen and oxygen atoms in total. The maximum Gasteiger partial charge on any atom is 0.222 e. The van der Waals surface area contributed by atoms with E-state index in [0.29, 0.717) is 31.2 Å². The van der Waals surface area contributed by atoms with Gasteiger partial charge in [0.15, 0.2) is 5.13 Å². The summed E-state index contributed by atoms with van der Waals surface area (Å²) >= 11 is 14.1. The Labute approximate surface area is 171 Å². The minimum atomic E-state index is -0.404. The maximum absolute atomic E-state index is 13.0. The molecule has 4 rings (SSSR count). The summed E-state index contributed by atoms with van der Waals surface area (Å²) in [6.45, 7) is 4.20. The molecule has 0 unspecified atom stereocenters. The zero-order valence-corrected chi connectivity index (χ0v) is 17.0. The van der Waals surface area contributed by atoms with Crippen LogP contribution in [0.4, 0.5) is 5.13 Å². The Morgan fingerprint density at radius 3 is 2.33 bits per heavy atom. The van der Waals surface area contributed by atoms with E-state index >= 15 is 0 Å². The van der Waals surface area contributed by atoms with Gasteiger partial charge in [-0.3, -0.25) is 9.59 Å². The molecule has 144 valence electrons. The summed E-state index contributed by atoms with van der Waals surface area (Å²) in [5.74, 6) is -0.779. The summed E-state index contributed by atoms with van der Waals surface area (Å²) in [4.78, 5) is 34.8. The molecule has 0 amide bonds. The van der Waals surface area contributed by atoms with Crippen LogP contribution in [0, 0.1) is 0 Å². The van der Waals surface area contributed by atoms with E-state index in [1.807, 2.05) is 4.90 Å². The quantitative estimate of drug-likeness (QED) is 0.690. The van der Waals surface area contributed by atoms with Gasteiger partial charge in [0.05, 0.1) is 23.7 Å². The molecule has 27 heavy (non-hydrogen) atoms. The molecule has 1 aromatic rings. The largest absolute Gasteiger partial charge is 0.378 e. The Bertz CT molecular complexity index is 837. The zero-order valence-electron chi connectivity index (χ0n) is 14.7. The van der Waals surface area contributed by atoms with Crippen LogP contribution < -0.4 is 4.90 Å². The van der Waals surface area contributed by atoms with Crippen molar-refractivity contribution in [3.63, 3.8) is 0 Å². The molecular formula is C18H19Cl2N3O3S. The van der Waals surface area contributed by atoms with E-state index < -0.39 is 5.78 Å². The molecule has 3 aliphatic rings.